The van der Waals surface area contributed by atoms with Gasteiger partial charge in [-0.3, -0.25) is 9.59 Å². The average Bonchev–Trinajstić information content (AvgIpc) is 3.59. The van der Waals surface area contributed by atoms with Gasteiger partial charge in [0.05, 0.1) is 22.8 Å². The van der Waals surface area contributed by atoms with Crippen molar-refractivity contribution in [3.05, 3.63) is 69.3 Å². The molecule has 0 fully saturated rings. The first-order chi connectivity index (χ1) is 20.0. The Bertz CT molecular complexity index is 1860. The molecule has 0 saturated heterocycles. The van der Waals surface area contributed by atoms with E-state index in [2.05, 4.69) is 49.8 Å². The molecule has 2 aliphatic rings. The second kappa shape index (κ2) is 13.0. The largest absolute Gasteiger partial charge is 0.481 e. The Labute approximate surface area is 271 Å². The van der Waals surface area contributed by atoms with Crippen molar-refractivity contribution in [2.45, 2.75) is 80.1 Å². The number of nitrogens with zero attached hydrogens (tertiary/aromatic N) is 2. The maximum absolute atomic E-state index is 11.5. The number of aryl methyl sites for hydroxylation is 4. The van der Waals surface area contributed by atoms with Crippen molar-refractivity contribution in [3.63, 3.8) is 0 Å². The van der Waals surface area contributed by atoms with Gasteiger partial charge < -0.3 is 20.2 Å². The maximum atomic E-state index is 11.5. The molecule has 9 heteroatoms. The fourth-order valence-electron chi connectivity index (χ4n) is 6.22. The number of aromatic nitrogens is 4. The van der Waals surface area contributed by atoms with Crippen molar-refractivity contribution < 1.29 is 47.1 Å². The molecular formula is C34H38CdN4O4. The zero-order valence-corrected chi connectivity index (χ0v) is 29.9. The SMILES string of the molecule is CCc1c(C)c2cc3[nH]c(cc4nc(cc5nc(cc1[nH]2)C(C)=C5CCC(=O)O)C(CCC(=O)O)=C4C)c(C)c3CC.[Cd]. The molecular weight excluding hydrogens is 641 g/mol. The monoisotopic (exact) mass is 680 g/mol. The molecule has 0 saturated carbocycles. The number of allylic oxidation sites excluding steroid dienone is 4. The van der Waals surface area contributed by atoms with Crippen LogP contribution < -0.4 is 0 Å². The van der Waals surface area contributed by atoms with Crippen LogP contribution in [0.5, 0.6) is 0 Å². The third-order valence-electron chi connectivity index (χ3n) is 8.69. The summed E-state index contributed by atoms with van der Waals surface area (Å²) in [4.78, 5) is 40.3. The molecule has 0 radical (unpaired) electrons. The summed E-state index contributed by atoms with van der Waals surface area (Å²) in [5.41, 5.74) is 15.4. The van der Waals surface area contributed by atoms with Crippen LogP contribution in [0.4, 0.5) is 0 Å². The predicted octanol–water partition coefficient (Wildman–Crippen LogP) is 7.64. The van der Waals surface area contributed by atoms with Crippen LogP contribution >= 0.6 is 0 Å². The number of fused-ring (bicyclic) bond motifs is 8. The molecule has 3 aromatic rings. The van der Waals surface area contributed by atoms with Gasteiger partial charge in [0.15, 0.2) is 0 Å². The zero-order chi connectivity index (χ0) is 30.3. The number of carboxylic acids is 2. The van der Waals surface area contributed by atoms with Crippen molar-refractivity contribution >= 4 is 56.3 Å². The van der Waals surface area contributed by atoms with Crippen LogP contribution in [-0.4, -0.2) is 42.1 Å². The third-order valence-corrected chi connectivity index (χ3v) is 8.69. The number of aliphatic carboxylic acids is 2. The Kier molecular flexibility index (Phi) is 9.78. The number of carbonyl (C=O) groups is 2. The quantitative estimate of drug-likeness (QED) is 0.181. The van der Waals surface area contributed by atoms with Crippen LogP contribution in [-0.2, 0) is 49.7 Å². The molecule has 8 bridgehead atoms. The Hall–Kier alpha value is -3.54. The number of nitrogens with one attached hydrogen (secondary N) is 2. The summed E-state index contributed by atoms with van der Waals surface area (Å²) >= 11 is 0. The van der Waals surface area contributed by atoms with Gasteiger partial charge in [0, 0.05) is 62.2 Å². The van der Waals surface area contributed by atoms with E-state index in [1.807, 2.05) is 26.0 Å². The number of hydrogen-bond donors (Lipinski definition) is 4. The first kappa shape index (κ1) is 32.4. The van der Waals surface area contributed by atoms with Crippen molar-refractivity contribution in [3.8, 4) is 0 Å². The van der Waals surface area contributed by atoms with E-state index in [1.165, 1.54) is 16.7 Å². The first-order valence-electron chi connectivity index (χ1n) is 14.6. The van der Waals surface area contributed by atoms with Crippen molar-refractivity contribution in [2.24, 2.45) is 0 Å². The molecule has 4 N–H and O–H groups in total. The van der Waals surface area contributed by atoms with E-state index < -0.39 is 11.9 Å². The van der Waals surface area contributed by atoms with Crippen molar-refractivity contribution in [1.82, 2.24) is 19.9 Å². The van der Waals surface area contributed by atoms with Crippen molar-refractivity contribution in [2.75, 3.05) is 0 Å². The number of aromatic amines is 2. The smallest absolute Gasteiger partial charge is 0.303 e. The first-order valence-corrected chi connectivity index (χ1v) is 14.6. The standard InChI is InChI=1S/C34H38N4O4.Cd/c1-7-21-17(3)25-13-26-19(5)23(9-11-33(39)40)31(37-26)16-32-24(10-12-34(41)42)20(6)28(38-32)15-30-22(8-2)18(4)27(36-30)14-29(21)35-25;/h13-16,35-36H,7-12H2,1-6H3,(H,39,40)(H,41,42);. The molecule has 220 valence electrons. The minimum absolute atomic E-state index is 0. The molecule has 0 aliphatic carbocycles. The molecule has 0 unspecified atom stereocenters. The van der Waals surface area contributed by atoms with E-state index in [9.17, 15) is 19.8 Å². The third kappa shape index (κ3) is 6.25. The normalized spacial score (nSPS) is 13.0. The molecule has 0 amide bonds. The Morgan fingerprint density at radius 1 is 0.628 bits per heavy atom. The van der Waals surface area contributed by atoms with Crippen LogP contribution in [0.2, 0.25) is 0 Å². The summed E-state index contributed by atoms with van der Waals surface area (Å²) in [5, 5.41) is 18.9. The molecule has 0 spiro atoms. The summed E-state index contributed by atoms with van der Waals surface area (Å²) in [6.07, 6.45) is 2.37. The number of H-pyrrole nitrogens is 2. The van der Waals surface area contributed by atoms with Gasteiger partial charge in [-0.25, -0.2) is 9.97 Å². The van der Waals surface area contributed by atoms with Crippen molar-refractivity contribution in [1.29, 1.82) is 0 Å². The Morgan fingerprint density at radius 3 is 1.44 bits per heavy atom. The van der Waals surface area contributed by atoms with E-state index in [1.54, 1.807) is 0 Å². The van der Waals surface area contributed by atoms with Crippen LogP contribution in [0.25, 0.3) is 44.4 Å². The Balaban J connectivity index is 0.00000423. The summed E-state index contributed by atoms with van der Waals surface area (Å²) in [5.74, 6) is -1.74. The van der Waals surface area contributed by atoms with Gasteiger partial charge in [0.2, 0.25) is 0 Å². The molecule has 8 nitrogen and oxygen atoms in total. The molecule has 5 heterocycles. The molecule has 43 heavy (non-hydrogen) atoms. The van der Waals surface area contributed by atoms with Gasteiger partial charge in [-0.2, -0.15) is 0 Å². The van der Waals surface area contributed by atoms with Gasteiger partial charge in [0.25, 0.3) is 0 Å². The summed E-state index contributed by atoms with van der Waals surface area (Å²) in [6.45, 7) is 12.5. The molecule has 2 aliphatic heterocycles. The Morgan fingerprint density at radius 2 is 1.02 bits per heavy atom. The zero-order valence-electron chi connectivity index (χ0n) is 25.9. The molecule has 0 aromatic carbocycles. The summed E-state index contributed by atoms with van der Waals surface area (Å²) < 4.78 is 0. The maximum Gasteiger partial charge on any atom is 0.303 e. The van der Waals surface area contributed by atoms with Gasteiger partial charge in [-0.05, 0) is 122 Å². The average molecular weight is 679 g/mol. The topological polar surface area (TPSA) is 132 Å². The number of carboxylic acid groups (broad SMARTS) is 2. The minimum atomic E-state index is -0.869. The fraction of sp³-hybridized carbons (Fsp3) is 0.353. The van der Waals surface area contributed by atoms with Gasteiger partial charge in [-0.1, -0.05) is 13.8 Å². The molecule has 5 rings (SSSR count). The number of hydrogen-bond acceptors (Lipinski definition) is 4. The fourth-order valence-corrected chi connectivity index (χ4v) is 6.22. The van der Waals surface area contributed by atoms with Crippen LogP contribution in [0.3, 0.4) is 0 Å². The predicted molar refractivity (Wildman–Crippen MR) is 168 cm³/mol. The second-order valence-corrected chi connectivity index (χ2v) is 11.2. The van der Waals surface area contributed by atoms with Crippen LogP contribution in [0, 0.1) is 13.8 Å². The molecule has 3 aromatic heterocycles. The van der Waals surface area contributed by atoms with E-state index in [-0.39, 0.29) is 40.1 Å². The van der Waals surface area contributed by atoms with Gasteiger partial charge >= 0.3 is 11.9 Å². The number of rotatable bonds is 8. The van der Waals surface area contributed by atoms with Gasteiger partial charge in [0.1, 0.15) is 0 Å². The van der Waals surface area contributed by atoms with Gasteiger partial charge in [-0.15, -0.1) is 0 Å². The van der Waals surface area contributed by atoms with Crippen LogP contribution in [0.15, 0.2) is 24.3 Å². The molecule has 0 atom stereocenters. The van der Waals surface area contributed by atoms with E-state index in [0.717, 1.165) is 74.2 Å². The van der Waals surface area contributed by atoms with E-state index in [0.29, 0.717) is 24.2 Å². The second-order valence-electron chi connectivity index (χ2n) is 11.2. The van der Waals surface area contributed by atoms with E-state index >= 15 is 0 Å². The summed E-state index contributed by atoms with van der Waals surface area (Å²) in [6, 6.07) is 8.19. The summed E-state index contributed by atoms with van der Waals surface area (Å²) in [7, 11) is 0. The minimum Gasteiger partial charge on any atom is -0.481 e. The van der Waals surface area contributed by atoms with Crippen LogP contribution in [0.1, 0.15) is 98.4 Å². The van der Waals surface area contributed by atoms with E-state index in [4.69, 9.17) is 9.97 Å².